The van der Waals surface area contributed by atoms with Crippen molar-refractivity contribution in [2.24, 2.45) is 0 Å². The molecule has 306 valence electrons. The van der Waals surface area contributed by atoms with E-state index in [0.717, 1.165) is 10.9 Å². The maximum Gasteiger partial charge on any atom is 0.215 e. The van der Waals surface area contributed by atoms with E-state index < -0.39 is 16.4 Å². The number of benzene rings is 1. The summed E-state index contributed by atoms with van der Waals surface area (Å²) in [5, 5.41) is 17.8. The lowest BCUT2D eigenvalue weighted by molar-refractivity contribution is -0.929. The van der Waals surface area contributed by atoms with Crippen molar-refractivity contribution >= 4 is 27.3 Å². The number of aromatic nitrogens is 2. The van der Waals surface area contributed by atoms with Gasteiger partial charge in [-0.1, -0.05) is 125 Å². The zero-order valence-electron chi connectivity index (χ0n) is 34.7. The number of carboxylic acid groups (broad SMARTS) is 1. The molecule has 1 aromatic heterocycles. The zero-order valence-corrected chi connectivity index (χ0v) is 35.5. The average Bonchev–Trinajstić information content (AvgIpc) is 3.52. The van der Waals surface area contributed by atoms with Crippen molar-refractivity contribution in [3.05, 3.63) is 30.0 Å². The number of fused-ring (bicyclic) bond motifs is 1. The van der Waals surface area contributed by atoms with Gasteiger partial charge in [-0.25, -0.2) is 8.42 Å². The number of aliphatic carboxylic acids is 1. The van der Waals surface area contributed by atoms with E-state index in [1.807, 2.05) is 24.3 Å². The Bertz CT molecular complexity index is 1100. The highest BCUT2D eigenvalue weighted by molar-refractivity contribution is 7.79. The molecule has 1 heterocycles. The summed E-state index contributed by atoms with van der Waals surface area (Å²) in [5.74, 6) is -1.10. The van der Waals surface area contributed by atoms with Gasteiger partial charge in [0.1, 0.15) is 0 Å². The Labute approximate surface area is 319 Å². The number of quaternary nitrogens is 2. The molecule has 0 atom stereocenters. The minimum atomic E-state index is -4.92. The van der Waals surface area contributed by atoms with Gasteiger partial charge >= 0.3 is 0 Å². The topological polar surface area (TPSA) is 146 Å². The molecule has 0 aliphatic rings. The Morgan fingerprint density at radius 2 is 0.885 bits per heavy atom. The third kappa shape index (κ3) is 27.5. The molecule has 1 aromatic carbocycles. The molecular formula is C41H80N4O6S. The molecule has 11 heteroatoms. The van der Waals surface area contributed by atoms with Gasteiger partial charge in [-0.15, -0.1) is 0 Å². The van der Waals surface area contributed by atoms with Crippen molar-refractivity contribution < 1.29 is 36.4 Å². The second kappa shape index (κ2) is 32.4. The molecule has 0 saturated heterocycles. The Morgan fingerprint density at radius 3 is 1.13 bits per heavy atom. The van der Waals surface area contributed by atoms with E-state index in [1.165, 1.54) is 164 Å². The minimum absolute atomic E-state index is 0.124. The molecule has 0 fully saturated rings. The number of hydrogen-bond donors (Lipinski definition) is 2. The van der Waals surface area contributed by atoms with Crippen LogP contribution < -0.4 is 5.11 Å². The molecule has 0 aliphatic carbocycles. The largest absolute Gasteiger partial charge is 0.726 e. The highest BCUT2D eigenvalue weighted by atomic mass is 32.3. The van der Waals surface area contributed by atoms with Gasteiger partial charge in [0.15, 0.2) is 0 Å². The molecule has 0 radical (unpaired) electrons. The highest BCUT2D eigenvalue weighted by Gasteiger charge is 2.25. The lowest BCUT2D eigenvalue weighted by Gasteiger charge is -2.39. The number of hydrogen-bond acceptors (Lipinski definition) is 6. The molecule has 0 spiro atoms. The van der Waals surface area contributed by atoms with Gasteiger partial charge in [0.05, 0.1) is 57.9 Å². The predicted molar refractivity (Wildman–Crippen MR) is 216 cm³/mol. The average molecular weight is 757 g/mol. The smallest absolute Gasteiger partial charge is 0.215 e. The fraction of sp³-hybridized carbons (Fsp3) is 0.805. The molecule has 0 bridgehead atoms. The van der Waals surface area contributed by atoms with Crippen molar-refractivity contribution in [2.75, 3.05) is 52.4 Å². The van der Waals surface area contributed by atoms with Gasteiger partial charge in [-0.05, 0) is 57.4 Å². The van der Waals surface area contributed by atoms with Crippen LogP contribution in [0.5, 0.6) is 0 Å². The number of para-hydroxylation sites is 1. The van der Waals surface area contributed by atoms with Crippen molar-refractivity contribution in [2.45, 2.75) is 165 Å². The summed E-state index contributed by atoms with van der Waals surface area (Å²) in [7, 11) is -4.92. The van der Waals surface area contributed by atoms with E-state index in [1.54, 1.807) is 0 Å². The molecule has 2 N–H and O–H groups in total. The van der Waals surface area contributed by atoms with Crippen LogP contribution in [0.25, 0.3) is 10.9 Å². The SMILES string of the molecule is CCCC[N+](CCCC)(CCCC)CCCC.CCCC[N+](CCCC)(CCCC)CCCC.O=C([O-])Cc1[nH]nc2ccccc12.O=S(=O)([O-])O. The zero-order chi connectivity index (χ0) is 39.7. The van der Waals surface area contributed by atoms with Crippen LogP contribution in [0.1, 0.15) is 164 Å². The van der Waals surface area contributed by atoms with Gasteiger partial charge in [-0.3, -0.25) is 9.65 Å². The van der Waals surface area contributed by atoms with Gasteiger partial charge < -0.3 is 23.4 Å². The van der Waals surface area contributed by atoms with E-state index in [2.05, 4.69) is 65.6 Å². The highest BCUT2D eigenvalue weighted by Crippen LogP contribution is 2.18. The second-order valence-electron chi connectivity index (χ2n) is 14.5. The molecular weight excluding hydrogens is 677 g/mol. The van der Waals surface area contributed by atoms with Gasteiger partial charge in [-0.2, -0.15) is 5.10 Å². The van der Waals surface area contributed by atoms with Gasteiger partial charge in [0.2, 0.25) is 10.4 Å². The van der Waals surface area contributed by atoms with Gasteiger partial charge in [0, 0.05) is 23.5 Å². The summed E-state index contributed by atoms with van der Waals surface area (Å²) < 4.78 is 35.7. The number of nitrogens with one attached hydrogen (secondary N) is 1. The summed E-state index contributed by atoms with van der Waals surface area (Å²) in [6.07, 6.45) is 22.0. The van der Waals surface area contributed by atoms with Crippen LogP contribution in [0.3, 0.4) is 0 Å². The molecule has 0 amide bonds. The predicted octanol–water partition coefficient (Wildman–Crippen LogP) is 8.87. The number of nitrogens with zero attached hydrogens (tertiary/aromatic N) is 3. The first-order valence-corrected chi connectivity index (χ1v) is 22.1. The van der Waals surface area contributed by atoms with Crippen LogP contribution >= 0.6 is 0 Å². The summed E-state index contributed by atoms with van der Waals surface area (Å²) in [6, 6.07) is 7.35. The number of carbonyl (C=O) groups is 1. The summed E-state index contributed by atoms with van der Waals surface area (Å²) in [6.45, 7) is 30.0. The van der Waals surface area contributed by atoms with E-state index in [-0.39, 0.29) is 6.42 Å². The Kier molecular flexibility index (Phi) is 32.4. The number of carboxylic acids is 1. The molecule has 2 rings (SSSR count). The molecule has 2 aromatic rings. The van der Waals surface area contributed by atoms with Gasteiger partial charge in [0.25, 0.3) is 0 Å². The van der Waals surface area contributed by atoms with Crippen molar-refractivity contribution in [1.82, 2.24) is 10.2 Å². The van der Waals surface area contributed by atoms with E-state index in [0.29, 0.717) is 5.69 Å². The fourth-order valence-electron chi connectivity index (χ4n) is 6.58. The number of carbonyl (C=O) groups excluding carboxylic acids is 1. The van der Waals surface area contributed by atoms with Crippen molar-refractivity contribution in [1.29, 1.82) is 0 Å². The number of rotatable bonds is 26. The maximum absolute atomic E-state index is 10.4. The normalized spacial score (nSPS) is 11.6. The Balaban J connectivity index is 0. The van der Waals surface area contributed by atoms with Crippen LogP contribution in [0.15, 0.2) is 24.3 Å². The van der Waals surface area contributed by atoms with Crippen LogP contribution in [0.4, 0.5) is 0 Å². The quantitative estimate of drug-likeness (QED) is 0.0554. The third-order valence-corrected chi connectivity index (χ3v) is 9.75. The van der Waals surface area contributed by atoms with E-state index >= 15 is 0 Å². The van der Waals surface area contributed by atoms with Crippen LogP contribution in [0, 0.1) is 0 Å². The molecule has 0 aliphatic heterocycles. The Morgan fingerprint density at radius 1 is 0.615 bits per heavy atom. The van der Waals surface area contributed by atoms with E-state index in [4.69, 9.17) is 17.5 Å². The molecule has 0 saturated carbocycles. The second-order valence-corrected chi connectivity index (χ2v) is 15.4. The van der Waals surface area contributed by atoms with E-state index in [9.17, 15) is 9.90 Å². The number of aromatic amines is 1. The fourth-order valence-corrected chi connectivity index (χ4v) is 6.58. The van der Waals surface area contributed by atoms with Crippen LogP contribution in [-0.2, 0) is 21.6 Å². The lowest BCUT2D eigenvalue weighted by Crippen LogP contribution is -2.50. The molecule has 52 heavy (non-hydrogen) atoms. The Hall–Kier alpha value is -2.05. The standard InChI is InChI=1S/2C16H36N.C9H8N2O2.H2O4S/c2*1-5-9-13-17(14-10-6-2,15-11-7-3)16-12-8-4;12-9(13)5-8-6-3-1-2-4-7(6)10-11-8;1-5(2,3)4/h2*5-16H2,1-4H3;1-4H,5H2,(H,10,11)(H,12,13);(H2,1,2,3,4)/q2*+1;;/p-2. The van der Waals surface area contributed by atoms with Crippen LogP contribution in [-0.4, -0.2) is 95.0 Å². The lowest BCUT2D eigenvalue weighted by atomic mass is 10.1. The summed E-state index contributed by atoms with van der Waals surface area (Å²) in [5.41, 5.74) is 1.37. The van der Waals surface area contributed by atoms with Crippen molar-refractivity contribution in [3.8, 4) is 0 Å². The van der Waals surface area contributed by atoms with Crippen molar-refractivity contribution in [3.63, 3.8) is 0 Å². The maximum atomic E-state index is 10.4. The number of unbranched alkanes of at least 4 members (excludes halogenated alkanes) is 8. The summed E-state index contributed by atoms with van der Waals surface area (Å²) >= 11 is 0. The minimum Gasteiger partial charge on any atom is -0.726 e. The first-order valence-electron chi connectivity index (χ1n) is 20.8. The first-order chi connectivity index (χ1) is 24.8. The molecule has 10 nitrogen and oxygen atoms in total. The number of H-pyrrole nitrogens is 1. The molecule has 0 unspecified atom stereocenters. The van der Waals surface area contributed by atoms with Crippen LogP contribution in [0.2, 0.25) is 0 Å². The third-order valence-electron chi connectivity index (χ3n) is 9.75. The summed E-state index contributed by atoms with van der Waals surface area (Å²) in [4.78, 5) is 10.4. The monoisotopic (exact) mass is 757 g/mol. The first kappa shape index (κ1) is 52.1.